The predicted molar refractivity (Wildman–Crippen MR) is 164 cm³/mol. The molecule has 0 spiro atoms. The number of carboxylic acids is 4. The topological polar surface area (TPSA) is 149 Å². The van der Waals surface area contributed by atoms with Gasteiger partial charge in [-0.2, -0.15) is 0 Å². The van der Waals surface area contributed by atoms with Gasteiger partial charge in [0.2, 0.25) is 0 Å². The molecule has 9 heteroatoms. The zero-order chi connectivity index (χ0) is 32.0. The number of unbranched alkanes of at least 4 members (excludes halogenated alkanes) is 5. The van der Waals surface area contributed by atoms with Crippen molar-refractivity contribution >= 4 is 23.9 Å². The van der Waals surface area contributed by atoms with Crippen molar-refractivity contribution in [2.75, 3.05) is 0 Å². The second-order valence-corrected chi connectivity index (χ2v) is 10.4. The van der Waals surface area contributed by atoms with Crippen LogP contribution in [0, 0.1) is 57.6 Å². The fourth-order valence-corrected chi connectivity index (χ4v) is 3.96. The van der Waals surface area contributed by atoms with E-state index in [2.05, 4.69) is 27.7 Å². The summed E-state index contributed by atoms with van der Waals surface area (Å²) in [5, 5.41) is 34.4. The molecular weight excluding hydrogens is 663 g/mol. The van der Waals surface area contributed by atoms with Crippen molar-refractivity contribution in [3.63, 3.8) is 0 Å². The summed E-state index contributed by atoms with van der Waals surface area (Å²) in [7, 11) is 0. The summed E-state index contributed by atoms with van der Waals surface area (Å²) >= 11 is 0. The molecule has 41 heavy (non-hydrogen) atoms. The predicted octanol–water partition coefficient (Wildman–Crippen LogP) is 9.29. The Bertz CT molecular complexity index is 595. The molecule has 0 aliphatic heterocycles. The molecule has 2 unspecified atom stereocenters. The van der Waals surface area contributed by atoms with Crippen LogP contribution in [0.25, 0.3) is 0 Å². The van der Waals surface area contributed by atoms with E-state index >= 15 is 0 Å². The molecule has 0 aliphatic carbocycles. The molecule has 0 radical (unpaired) electrons. The van der Waals surface area contributed by atoms with Gasteiger partial charge in [0.1, 0.15) is 0 Å². The van der Waals surface area contributed by atoms with E-state index in [0.29, 0.717) is 6.42 Å². The van der Waals surface area contributed by atoms with Crippen LogP contribution in [0.2, 0.25) is 0 Å². The van der Waals surface area contributed by atoms with Gasteiger partial charge in [0, 0.05) is 46.8 Å². The molecule has 0 aliphatic rings. The van der Waals surface area contributed by atoms with Gasteiger partial charge in [-0.25, -0.2) is 0 Å². The van der Waals surface area contributed by atoms with Gasteiger partial charge in [-0.1, -0.05) is 107 Å². The van der Waals surface area contributed by atoms with Crippen molar-refractivity contribution in [1.82, 2.24) is 0 Å². The monoisotopic (exact) mass is 728 g/mol. The van der Waals surface area contributed by atoms with Crippen LogP contribution in [0.1, 0.15) is 165 Å². The number of carboxylic acid groups (broad SMARTS) is 4. The van der Waals surface area contributed by atoms with Crippen LogP contribution in [0.4, 0.5) is 0 Å². The smallest absolute Gasteiger partial charge is 0.309 e. The van der Waals surface area contributed by atoms with Crippen LogP contribution in [-0.2, 0) is 19.2 Å². The summed E-state index contributed by atoms with van der Waals surface area (Å²) in [6.07, 6.45) is 15.1. The van der Waals surface area contributed by atoms with E-state index in [0.717, 1.165) is 103 Å². The summed E-state index contributed by atoms with van der Waals surface area (Å²) in [6, 6.07) is 0. The minimum absolute atomic E-state index is 0. The second-order valence-electron chi connectivity index (χ2n) is 10.4. The molecule has 0 aromatic rings. The van der Waals surface area contributed by atoms with Gasteiger partial charge in [-0.15, -0.1) is 0 Å². The van der Waals surface area contributed by atoms with Crippen LogP contribution < -0.4 is 0 Å². The van der Waals surface area contributed by atoms with Crippen LogP contribution in [0.15, 0.2) is 0 Å². The average molecular weight is 727 g/mol. The third-order valence-electron chi connectivity index (χ3n) is 7.31. The first-order chi connectivity index (χ1) is 18.8. The number of hydrogen-bond donors (Lipinski definition) is 4. The Morgan fingerprint density at radius 2 is 0.927 bits per heavy atom. The van der Waals surface area contributed by atoms with Gasteiger partial charge in [-0.05, 0) is 51.4 Å². The second kappa shape index (κ2) is 35.4. The van der Waals surface area contributed by atoms with Gasteiger partial charge >= 0.3 is 23.9 Å². The SMILES string of the molecule is CCCCC(CC)(CC)C(=O)O.CCCCC(CC)C(=O)O.CCCCC(CC)C(=O)O.CCCCCC(=O)O.[Sm]. The van der Waals surface area contributed by atoms with Gasteiger partial charge in [0.15, 0.2) is 0 Å². The van der Waals surface area contributed by atoms with E-state index in [-0.39, 0.29) is 52.2 Å². The molecule has 0 saturated heterocycles. The largest absolute Gasteiger partial charge is 0.481 e. The van der Waals surface area contributed by atoms with Crippen molar-refractivity contribution in [3.05, 3.63) is 0 Å². The Balaban J connectivity index is -0.000000141. The summed E-state index contributed by atoms with van der Waals surface area (Å²) in [5.41, 5.74) is -0.448. The van der Waals surface area contributed by atoms with E-state index < -0.39 is 29.3 Å². The minimum Gasteiger partial charge on any atom is -0.481 e. The minimum atomic E-state index is -0.682. The van der Waals surface area contributed by atoms with Crippen LogP contribution in [-0.4, -0.2) is 44.3 Å². The summed E-state index contributed by atoms with van der Waals surface area (Å²) in [4.78, 5) is 41.7. The molecular formula is C32H64O8Sm. The standard InChI is InChI=1S/C10H20O2.2C8H16O2.C6H12O2.Sm/c1-4-7-8-10(5-2,6-3)9(11)12;2*1-3-5-6-7(4-2)8(9)10;1-2-3-4-5-6(7)8;/h4-8H2,1-3H3,(H,11,12);2*7H,3-6H2,1-2H3,(H,9,10);2-5H2,1H3,(H,7,8);. The van der Waals surface area contributed by atoms with Crippen molar-refractivity contribution in [2.24, 2.45) is 17.3 Å². The molecule has 0 heterocycles. The van der Waals surface area contributed by atoms with Crippen molar-refractivity contribution < 1.29 is 80.0 Å². The van der Waals surface area contributed by atoms with E-state index in [9.17, 15) is 19.2 Å². The first-order valence-corrected chi connectivity index (χ1v) is 15.7. The quantitative estimate of drug-likeness (QED) is 0.0907. The first kappa shape index (κ1) is 49.9. The Labute approximate surface area is 283 Å². The van der Waals surface area contributed by atoms with Crippen molar-refractivity contribution in [1.29, 1.82) is 0 Å². The zero-order valence-electron chi connectivity index (χ0n) is 27.5. The molecule has 2 atom stereocenters. The Morgan fingerprint density at radius 3 is 1.15 bits per heavy atom. The number of carbonyl (C=O) groups is 4. The fraction of sp³-hybridized carbons (Fsp3) is 0.875. The maximum atomic E-state index is 11.0. The van der Waals surface area contributed by atoms with Gasteiger partial charge in [-0.3, -0.25) is 19.2 Å². The van der Waals surface area contributed by atoms with Crippen LogP contribution in [0.5, 0.6) is 0 Å². The summed E-state index contributed by atoms with van der Waals surface area (Å²) in [6.45, 7) is 16.1. The molecule has 0 bridgehead atoms. The zero-order valence-corrected chi connectivity index (χ0v) is 30.1. The number of aliphatic carboxylic acids is 4. The van der Waals surface area contributed by atoms with E-state index in [1.54, 1.807) is 0 Å². The molecule has 0 aromatic carbocycles. The van der Waals surface area contributed by atoms with Crippen LogP contribution >= 0.6 is 0 Å². The van der Waals surface area contributed by atoms with E-state index in [4.69, 9.17) is 20.4 Å². The molecule has 246 valence electrons. The third-order valence-corrected chi connectivity index (χ3v) is 7.31. The molecule has 0 fully saturated rings. The van der Waals surface area contributed by atoms with Crippen molar-refractivity contribution in [3.8, 4) is 0 Å². The van der Waals surface area contributed by atoms with Crippen molar-refractivity contribution in [2.45, 2.75) is 165 Å². The molecule has 0 aromatic heterocycles. The van der Waals surface area contributed by atoms with E-state index in [1.807, 2.05) is 27.7 Å². The Hall–Kier alpha value is -0.782. The molecule has 0 rings (SSSR count). The van der Waals surface area contributed by atoms with Gasteiger partial charge in [0.25, 0.3) is 0 Å². The first-order valence-electron chi connectivity index (χ1n) is 15.7. The average Bonchev–Trinajstić information content (AvgIpc) is 2.91. The molecule has 4 N–H and O–H groups in total. The Kier molecular flexibility index (Phi) is 43.1. The van der Waals surface area contributed by atoms with E-state index in [1.165, 1.54) is 0 Å². The normalized spacial score (nSPS) is 11.5. The number of hydrogen-bond acceptors (Lipinski definition) is 4. The molecule has 8 nitrogen and oxygen atoms in total. The Morgan fingerprint density at radius 1 is 0.561 bits per heavy atom. The van der Waals surface area contributed by atoms with Gasteiger partial charge < -0.3 is 20.4 Å². The third kappa shape index (κ3) is 32.0. The maximum Gasteiger partial charge on any atom is 0.309 e. The molecule has 0 saturated carbocycles. The summed E-state index contributed by atoms with van der Waals surface area (Å²) in [5.74, 6) is -2.81. The maximum absolute atomic E-state index is 11.0. The van der Waals surface area contributed by atoms with Crippen LogP contribution in [0.3, 0.4) is 0 Å². The fourth-order valence-electron chi connectivity index (χ4n) is 3.96. The molecule has 0 amide bonds. The number of rotatable bonds is 20. The summed E-state index contributed by atoms with van der Waals surface area (Å²) < 4.78 is 0. The van der Waals surface area contributed by atoms with Gasteiger partial charge in [0.05, 0.1) is 17.3 Å².